The third-order valence-corrected chi connectivity index (χ3v) is 7.99. The lowest BCUT2D eigenvalue weighted by molar-refractivity contribution is -0.125. The zero-order valence-electron chi connectivity index (χ0n) is 18.7. The van der Waals surface area contributed by atoms with Gasteiger partial charge in [0, 0.05) is 51.1 Å². The van der Waals surface area contributed by atoms with Crippen molar-refractivity contribution in [3.8, 4) is 0 Å². The number of rotatable bonds is 8. The molecule has 0 aromatic carbocycles. The monoisotopic (exact) mass is 448 g/mol. The van der Waals surface area contributed by atoms with E-state index in [1.165, 1.54) is 43.6 Å². The Bertz CT molecular complexity index is 748. The zero-order chi connectivity index (χ0) is 21.6. The molecule has 3 aliphatic heterocycles. The van der Waals surface area contributed by atoms with Gasteiger partial charge in [-0.3, -0.25) is 14.5 Å². The second kappa shape index (κ2) is 10.7. The first-order valence-electron chi connectivity index (χ1n) is 12.1. The molecule has 0 radical (unpaired) electrons. The molecule has 3 aliphatic rings. The Hall–Kier alpha value is -1.74. The minimum absolute atomic E-state index is 0.0854. The average Bonchev–Trinajstić information content (AvgIpc) is 3.46. The van der Waals surface area contributed by atoms with Crippen LogP contribution in [0.4, 0.5) is 10.3 Å². The Morgan fingerprint density at radius 1 is 1.06 bits per heavy atom. The van der Waals surface area contributed by atoms with Crippen molar-refractivity contribution in [1.29, 1.82) is 0 Å². The SMILES string of the molecule is CCC1CCCCN1CCCNC(=O)C1CCN(c2nnc(N3CCCC3=O)s2)CC1. The molecule has 0 bridgehead atoms. The minimum Gasteiger partial charge on any atom is -0.356 e. The number of amides is 2. The van der Waals surface area contributed by atoms with Gasteiger partial charge in [0.1, 0.15) is 0 Å². The van der Waals surface area contributed by atoms with Crippen LogP contribution in [0.1, 0.15) is 64.7 Å². The van der Waals surface area contributed by atoms with Crippen molar-refractivity contribution in [3.05, 3.63) is 0 Å². The highest BCUT2D eigenvalue weighted by Gasteiger charge is 2.29. The maximum atomic E-state index is 12.6. The van der Waals surface area contributed by atoms with Gasteiger partial charge in [-0.15, -0.1) is 10.2 Å². The molecule has 4 heterocycles. The largest absolute Gasteiger partial charge is 0.356 e. The van der Waals surface area contributed by atoms with Crippen LogP contribution in [-0.2, 0) is 9.59 Å². The Morgan fingerprint density at radius 3 is 2.61 bits per heavy atom. The van der Waals surface area contributed by atoms with Gasteiger partial charge in [-0.05, 0) is 51.5 Å². The number of piperidine rings is 2. The Balaban J connectivity index is 1.16. The highest BCUT2D eigenvalue weighted by atomic mass is 32.1. The van der Waals surface area contributed by atoms with Gasteiger partial charge >= 0.3 is 0 Å². The quantitative estimate of drug-likeness (QED) is 0.616. The number of carbonyl (C=O) groups excluding carboxylic acids is 2. The molecule has 31 heavy (non-hydrogen) atoms. The van der Waals surface area contributed by atoms with E-state index in [0.29, 0.717) is 11.6 Å². The van der Waals surface area contributed by atoms with Crippen molar-refractivity contribution in [2.45, 2.75) is 70.8 Å². The van der Waals surface area contributed by atoms with Gasteiger partial charge in [0.2, 0.25) is 22.1 Å². The van der Waals surface area contributed by atoms with Crippen LogP contribution in [0.15, 0.2) is 0 Å². The second-order valence-corrected chi connectivity index (χ2v) is 9.95. The molecule has 3 fully saturated rings. The summed E-state index contributed by atoms with van der Waals surface area (Å²) in [5, 5.41) is 13.3. The van der Waals surface area contributed by atoms with Crippen molar-refractivity contribution in [1.82, 2.24) is 20.4 Å². The molecule has 4 rings (SSSR count). The molecule has 2 amide bonds. The number of hydrogen-bond donors (Lipinski definition) is 1. The molecule has 3 saturated heterocycles. The van der Waals surface area contributed by atoms with E-state index >= 15 is 0 Å². The number of nitrogens with zero attached hydrogens (tertiary/aromatic N) is 5. The summed E-state index contributed by atoms with van der Waals surface area (Å²) < 4.78 is 0. The Kier molecular flexibility index (Phi) is 7.76. The van der Waals surface area contributed by atoms with Gasteiger partial charge in [-0.25, -0.2) is 0 Å². The summed E-state index contributed by atoms with van der Waals surface area (Å²) in [6.07, 6.45) is 9.44. The highest BCUT2D eigenvalue weighted by molar-refractivity contribution is 7.19. The fourth-order valence-electron chi connectivity index (χ4n) is 5.08. The third kappa shape index (κ3) is 5.55. The second-order valence-electron chi connectivity index (χ2n) is 9.02. The predicted molar refractivity (Wildman–Crippen MR) is 124 cm³/mol. The van der Waals surface area contributed by atoms with Gasteiger partial charge in [-0.1, -0.05) is 24.7 Å². The van der Waals surface area contributed by atoms with Crippen LogP contribution < -0.4 is 15.1 Å². The topological polar surface area (TPSA) is 81.7 Å². The zero-order valence-corrected chi connectivity index (χ0v) is 19.5. The summed E-state index contributed by atoms with van der Waals surface area (Å²) in [4.78, 5) is 31.1. The van der Waals surface area contributed by atoms with Crippen LogP contribution in [-0.4, -0.2) is 72.2 Å². The van der Waals surface area contributed by atoms with Gasteiger partial charge in [-0.2, -0.15) is 0 Å². The van der Waals surface area contributed by atoms with Gasteiger partial charge in [0.05, 0.1) is 0 Å². The molecule has 1 N–H and O–H groups in total. The van der Waals surface area contributed by atoms with Crippen LogP contribution >= 0.6 is 11.3 Å². The summed E-state index contributed by atoms with van der Waals surface area (Å²) in [6, 6.07) is 0.734. The van der Waals surface area contributed by atoms with E-state index in [1.807, 2.05) is 0 Å². The van der Waals surface area contributed by atoms with Crippen LogP contribution in [0.3, 0.4) is 0 Å². The molecule has 1 aromatic rings. The summed E-state index contributed by atoms with van der Waals surface area (Å²) in [7, 11) is 0. The predicted octanol–water partition coefficient (Wildman–Crippen LogP) is 2.65. The summed E-state index contributed by atoms with van der Waals surface area (Å²) in [5.74, 6) is 0.428. The number of likely N-dealkylation sites (tertiary alicyclic amines) is 1. The van der Waals surface area contributed by atoms with E-state index in [0.717, 1.165) is 69.6 Å². The number of anilines is 2. The molecule has 1 atom stereocenters. The maximum Gasteiger partial charge on any atom is 0.228 e. The molecule has 8 nitrogen and oxygen atoms in total. The van der Waals surface area contributed by atoms with E-state index in [1.54, 1.807) is 4.90 Å². The fourth-order valence-corrected chi connectivity index (χ4v) is 6.02. The first-order valence-corrected chi connectivity index (χ1v) is 12.9. The van der Waals surface area contributed by atoms with Crippen molar-refractivity contribution < 1.29 is 9.59 Å². The molecule has 1 aromatic heterocycles. The molecule has 0 saturated carbocycles. The Morgan fingerprint density at radius 2 is 1.87 bits per heavy atom. The van der Waals surface area contributed by atoms with Crippen molar-refractivity contribution in [2.75, 3.05) is 49.1 Å². The first-order chi connectivity index (χ1) is 15.2. The van der Waals surface area contributed by atoms with Gasteiger partial charge in [0.15, 0.2) is 0 Å². The summed E-state index contributed by atoms with van der Waals surface area (Å²) in [5.41, 5.74) is 0. The van der Waals surface area contributed by atoms with Crippen LogP contribution in [0.25, 0.3) is 0 Å². The van der Waals surface area contributed by atoms with E-state index in [9.17, 15) is 9.59 Å². The van der Waals surface area contributed by atoms with E-state index in [-0.39, 0.29) is 17.7 Å². The summed E-state index contributed by atoms with van der Waals surface area (Å²) >= 11 is 1.49. The molecule has 0 spiro atoms. The Labute approximate surface area is 189 Å². The van der Waals surface area contributed by atoms with Gasteiger partial charge < -0.3 is 15.1 Å². The van der Waals surface area contributed by atoms with Crippen molar-refractivity contribution in [2.24, 2.45) is 5.92 Å². The highest BCUT2D eigenvalue weighted by Crippen LogP contribution is 2.32. The first kappa shape index (κ1) is 22.5. The maximum absolute atomic E-state index is 12.6. The van der Waals surface area contributed by atoms with Crippen molar-refractivity contribution >= 4 is 33.4 Å². The standard InChI is InChI=1S/C22H36N6O2S/c1-2-18-7-3-4-12-26(18)13-6-11-23-20(30)17-9-15-27(16-10-17)21-24-25-22(31-21)28-14-5-8-19(28)29/h17-18H,2-16H2,1H3,(H,23,30). The molecule has 1 unspecified atom stereocenters. The smallest absolute Gasteiger partial charge is 0.228 e. The fraction of sp³-hybridized carbons (Fsp3) is 0.818. The number of carbonyl (C=O) groups is 2. The molecule has 172 valence electrons. The van der Waals surface area contributed by atoms with E-state index in [4.69, 9.17) is 0 Å². The summed E-state index contributed by atoms with van der Waals surface area (Å²) in [6.45, 7) is 7.73. The van der Waals surface area contributed by atoms with E-state index in [2.05, 4.69) is 32.2 Å². The molecule has 9 heteroatoms. The lowest BCUT2D eigenvalue weighted by Crippen LogP contribution is -2.42. The molecular formula is C22H36N6O2S. The third-order valence-electron chi connectivity index (χ3n) is 6.99. The lowest BCUT2D eigenvalue weighted by atomic mass is 9.96. The normalized spacial score (nSPS) is 23.5. The number of hydrogen-bond acceptors (Lipinski definition) is 7. The average molecular weight is 449 g/mol. The van der Waals surface area contributed by atoms with Crippen LogP contribution in [0.5, 0.6) is 0 Å². The lowest BCUT2D eigenvalue weighted by Gasteiger charge is -2.35. The molecular weight excluding hydrogens is 412 g/mol. The van der Waals surface area contributed by atoms with Crippen molar-refractivity contribution in [3.63, 3.8) is 0 Å². The van der Waals surface area contributed by atoms with Crippen LogP contribution in [0.2, 0.25) is 0 Å². The number of aromatic nitrogens is 2. The van der Waals surface area contributed by atoms with Crippen LogP contribution in [0, 0.1) is 5.92 Å². The number of nitrogens with one attached hydrogen (secondary N) is 1. The molecule has 0 aliphatic carbocycles. The minimum atomic E-state index is 0.0854. The van der Waals surface area contributed by atoms with E-state index < -0.39 is 0 Å². The van der Waals surface area contributed by atoms with Gasteiger partial charge in [0.25, 0.3) is 0 Å².